The highest BCUT2D eigenvalue weighted by Gasteiger charge is 2.53. The predicted molar refractivity (Wildman–Crippen MR) is 203 cm³/mol. The lowest BCUT2D eigenvalue weighted by Gasteiger charge is -2.48. The van der Waals surface area contributed by atoms with Gasteiger partial charge in [-0.1, -0.05) is 90.5 Å². The number of esters is 1. The van der Waals surface area contributed by atoms with Gasteiger partial charge in [0.2, 0.25) is 5.91 Å². The molecule has 5 N–H and O–H groups in total. The van der Waals surface area contributed by atoms with Crippen LogP contribution in [0.15, 0.2) is 103 Å². The van der Waals surface area contributed by atoms with Gasteiger partial charge in [-0.15, -0.1) is 0 Å². The molecule has 0 saturated carbocycles. The van der Waals surface area contributed by atoms with Gasteiger partial charge in [0, 0.05) is 23.6 Å². The molecular formula is C42H42ClNO14. The Hall–Kier alpha value is -4.62. The maximum absolute atomic E-state index is 13.3. The summed E-state index contributed by atoms with van der Waals surface area (Å²) < 4.78 is 41.4. The second-order valence-electron chi connectivity index (χ2n) is 14.0. The van der Waals surface area contributed by atoms with Crippen molar-refractivity contribution in [2.24, 2.45) is 0 Å². The Kier molecular flexibility index (Phi) is 13.3. The molecule has 4 aromatic carbocycles. The fraction of sp³-hybridized carbons (Fsp3) is 0.357. The summed E-state index contributed by atoms with van der Waals surface area (Å²) in [5.74, 6) is -1.38. The van der Waals surface area contributed by atoms with E-state index in [0.29, 0.717) is 27.9 Å². The number of aliphatic hydroxyl groups is 4. The number of anilines is 1. The van der Waals surface area contributed by atoms with Crippen molar-refractivity contribution in [2.45, 2.75) is 81.2 Å². The van der Waals surface area contributed by atoms with Gasteiger partial charge in [-0.3, -0.25) is 9.59 Å². The van der Waals surface area contributed by atoms with Crippen molar-refractivity contribution < 1.29 is 68.0 Å². The molecule has 0 aromatic heterocycles. The molecule has 0 aliphatic carbocycles. The zero-order valence-corrected chi connectivity index (χ0v) is 31.8. The van der Waals surface area contributed by atoms with Crippen LogP contribution in [0.5, 0.6) is 0 Å². The first kappa shape index (κ1) is 41.5. The van der Waals surface area contributed by atoms with Crippen molar-refractivity contribution in [1.29, 1.82) is 0 Å². The highest BCUT2D eigenvalue weighted by atomic mass is 35.5. The second-order valence-corrected chi connectivity index (χ2v) is 14.4. The van der Waals surface area contributed by atoms with Crippen LogP contribution in [0.2, 0.25) is 5.02 Å². The van der Waals surface area contributed by atoms with E-state index in [9.17, 15) is 34.8 Å². The van der Waals surface area contributed by atoms with Gasteiger partial charge in [0.25, 0.3) is 0 Å². The summed E-state index contributed by atoms with van der Waals surface area (Å²) >= 11 is 6.21. The molecule has 0 unspecified atom stereocenters. The zero-order chi connectivity index (χ0) is 40.9. The molecule has 0 bridgehead atoms. The van der Waals surface area contributed by atoms with Crippen molar-refractivity contribution in [3.63, 3.8) is 0 Å². The van der Waals surface area contributed by atoms with Crippen LogP contribution in [0, 0.1) is 0 Å². The summed E-state index contributed by atoms with van der Waals surface area (Å²) in [5, 5.41) is 47.9. The number of carbonyl (C=O) groups excluding carboxylic acids is 3. The molecule has 4 aromatic rings. The van der Waals surface area contributed by atoms with Crippen molar-refractivity contribution in [1.82, 2.24) is 0 Å². The summed E-state index contributed by atoms with van der Waals surface area (Å²) in [7, 11) is 0. The van der Waals surface area contributed by atoms with Gasteiger partial charge >= 0.3 is 5.97 Å². The fourth-order valence-corrected chi connectivity index (χ4v) is 7.02. The first-order valence-electron chi connectivity index (χ1n) is 18.5. The molecule has 16 heteroatoms. The molecule has 3 fully saturated rings. The van der Waals surface area contributed by atoms with Gasteiger partial charge in [0.1, 0.15) is 55.4 Å². The molecule has 306 valence electrons. The van der Waals surface area contributed by atoms with E-state index in [1.165, 1.54) is 31.2 Å². The average molecular weight is 820 g/mol. The third kappa shape index (κ3) is 9.47. The van der Waals surface area contributed by atoms with E-state index in [-0.39, 0.29) is 35.5 Å². The number of hydrogen-bond donors (Lipinski definition) is 5. The number of nitrogens with one attached hydrogen (secondary N) is 1. The summed E-state index contributed by atoms with van der Waals surface area (Å²) in [4.78, 5) is 37.8. The van der Waals surface area contributed by atoms with Crippen molar-refractivity contribution in [3.8, 4) is 0 Å². The van der Waals surface area contributed by atoms with Crippen LogP contribution in [0.1, 0.15) is 50.6 Å². The largest absolute Gasteiger partial charge is 0.459 e. The number of fused-ring (bicyclic) bond motifs is 1. The minimum atomic E-state index is -1.77. The second kappa shape index (κ2) is 18.5. The molecule has 3 aliphatic rings. The zero-order valence-electron chi connectivity index (χ0n) is 31.0. The number of halogens is 1. The lowest BCUT2D eigenvalue weighted by atomic mass is 9.96. The third-order valence-corrected chi connectivity index (χ3v) is 10.2. The number of ether oxygens (including phenoxy) is 7. The Balaban J connectivity index is 1.06. The molecule has 11 atom stereocenters. The van der Waals surface area contributed by atoms with Crippen molar-refractivity contribution in [2.75, 3.05) is 18.5 Å². The molecule has 3 aliphatic heterocycles. The maximum atomic E-state index is 13.3. The monoisotopic (exact) mass is 819 g/mol. The van der Waals surface area contributed by atoms with Crippen LogP contribution >= 0.6 is 11.6 Å². The SMILES string of the molecule is CC(=O)Nc1cc(CO[C@@H]2O[C@H](COC(=O)c3ccc(C(=O)c4ccccc4)cc3)[C@@H](O[C@H]3O[C@@H]4CO[C@@H](c5ccccc5)O[C@H]4[C@H](O)[C@H]3O)[C@H](O)[C@H]2O)ccc1Cl. The third-order valence-electron chi connectivity index (χ3n) is 9.89. The Labute approximate surface area is 337 Å². The Morgan fingerprint density at radius 3 is 2.12 bits per heavy atom. The van der Waals surface area contributed by atoms with Gasteiger partial charge in [-0.2, -0.15) is 0 Å². The number of ketones is 1. The van der Waals surface area contributed by atoms with E-state index in [1.54, 1.807) is 60.7 Å². The van der Waals surface area contributed by atoms with Crippen LogP contribution in [-0.4, -0.2) is 113 Å². The Morgan fingerprint density at radius 1 is 0.759 bits per heavy atom. The topological polar surface area (TPSA) is 209 Å². The Morgan fingerprint density at radius 2 is 1.41 bits per heavy atom. The minimum Gasteiger partial charge on any atom is -0.459 e. The van der Waals surface area contributed by atoms with Crippen molar-refractivity contribution >= 4 is 34.9 Å². The van der Waals surface area contributed by atoms with Crippen LogP contribution < -0.4 is 5.32 Å². The fourth-order valence-electron chi connectivity index (χ4n) is 6.85. The lowest BCUT2D eigenvalue weighted by Crippen LogP contribution is -2.66. The normalized spacial score (nSPS) is 29.5. The van der Waals surface area contributed by atoms with E-state index in [4.69, 9.17) is 44.8 Å². The summed E-state index contributed by atoms with van der Waals surface area (Å²) in [5.41, 5.74) is 2.50. The van der Waals surface area contributed by atoms with Gasteiger partial charge < -0.3 is 58.9 Å². The average Bonchev–Trinajstić information content (AvgIpc) is 3.24. The maximum Gasteiger partial charge on any atom is 0.338 e. The first-order chi connectivity index (χ1) is 28.0. The highest BCUT2D eigenvalue weighted by molar-refractivity contribution is 6.33. The van der Waals surface area contributed by atoms with E-state index >= 15 is 0 Å². The summed E-state index contributed by atoms with van der Waals surface area (Å²) in [6.07, 6.45) is -15.4. The van der Waals surface area contributed by atoms with Gasteiger partial charge in [0.15, 0.2) is 24.7 Å². The van der Waals surface area contributed by atoms with E-state index in [1.807, 2.05) is 18.2 Å². The highest BCUT2D eigenvalue weighted by Crippen LogP contribution is 2.36. The smallest absolute Gasteiger partial charge is 0.338 e. The number of rotatable bonds is 12. The number of aliphatic hydroxyl groups excluding tert-OH is 4. The quantitative estimate of drug-likeness (QED) is 0.103. The minimum absolute atomic E-state index is 0.0404. The molecule has 0 radical (unpaired) electrons. The van der Waals surface area contributed by atoms with E-state index in [0.717, 1.165) is 0 Å². The predicted octanol–water partition coefficient (Wildman–Crippen LogP) is 3.30. The van der Waals surface area contributed by atoms with Crippen LogP contribution in [0.25, 0.3) is 0 Å². The van der Waals surface area contributed by atoms with Crippen LogP contribution in [-0.2, 0) is 44.6 Å². The van der Waals surface area contributed by atoms with Gasteiger partial charge in [-0.05, 0) is 29.8 Å². The molecule has 15 nitrogen and oxygen atoms in total. The number of carbonyl (C=O) groups is 3. The lowest BCUT2D eigenvalue weighted by molar-refractivity contribution is -0.386. The molecule has 1 amide bonds. The van der Waals surface area contributed by atoms with Crippen molar-refractivity contribution in [3.05, 3.63) is 136 Å². The van der Waals surface area contributed by atoms with Crippen LogP contribution in [0.3, 0.4) is 0 Å². The molecule has 7 rings (SSSR count). The first-order valence-corrected chi connectivity index (χ1v) is 18.9. The molecule has 0 spiro atoms. The van der Waals surface area contributed by atoms with Crippen LogP contribution in [0.4, 0.5) is 5.69 Å². The van der Waals surface area contributed by atoms with Gasteiger partial charge in [-0.25, -0.2) is 4.79 Å². The number of hydrogen-bond acceptors (Lipinski definition) is 14. The molecule has 58 heavy (non-hydrogen) atoms. The summed E-state index contributed by atoms with van der Waals surface area (Å²) in [6.45, 7) is 0.568. The molecule has 3 saturated heterocycles. The van der Waals surface area contributed by atoms with E-state index in [2.05, 4.69) is 5.32 Å². The molecular weight excluding hydrogens is 778 g/mol. The standard InChI is InChI=1S/C42H42ClNO14/c1-22(45)44-29-18-23(12-17-28(29)43)19-53-41-35(49)33(47)38(58-42-36(50)34(48)37-31(56-42)21-54-40(57-37)27-10-6-3-7-11-27)30(55-41)20-52-39(51)26-15-13-25(14-16-26)32(46)24-8-4-2-5-9-24/h2-18,30-31,33-38,40-42,47-50H,19-21H2,1H3,(H,44,45)/t30-,31-,33-,34-,35-,36-,37-,38-,40-,41-,42-/m1/s1. The van der Waals surface area contributed by atoms with E-state index < -0.39 is 80.3 Å². The Bertz CT molecular complexity index is 2040. The number of benzene rings is 4. The summed E-state index contributed by atoms with van der Waals surface area (Å²) in [6, 6.07) is 28.3. The number of amides is 1. The van der Waals surface area contributed by atoms with Gasteiger partial charge in [0.05, 0.1) is 29.5 Å². The molecule has 3 heterocycles.